The third-order valence-electron chi connectivity index (χ3n) is 3.18. The summed E-state index contributed by atoms with van der Waals surface area (Å²) in [5.41, 5.74) is 1.60. The summed E-state index contributed by atoms with van der Waals surface area (Å²) < 4.78 is 5.64. The number of rotatable bonds is 3. The molecule has 1 aromatic carbocycles. The summed E-state index contributed by atoms with van der Waals surface area (Å²) in [5.74, 6) is 0.992. The Morgan fingerprint density at radius 3 is 2.90 bits per heavy atom. The molecule has 0 spiro atoms. The molecule has 3 rings (SSSR count). The molecule has 3 nitrogen and oxygen atoms in total. The monoisotopic (exact) mass is 285 g/mol. The number of hydrogen-bond donors (Lipinski definition) is 0. The molecule has 0 radical (unpaired) electrons. The number of ketones is 1. The number of halogens is 1. The van der Waals surface area contributed by atoms with Gasteiger partial charge in [0.05, 0.1) is 10.5 Å². The first-order valence-corrected chi connectivity index (χ1v) is 6.75. The molecule has 2 aromatic heterocycles. The Morgan fingerprint density at radius 1 is 1.25 bits per heavy atom. The maximum atomic E-state index is 11.6. The quantitative estimate of drug-likeness (QED) is 0.653. The van der Waals surface area contributed by atoms with E-state index in [-0.39, 0.29) is 5.78 Å². The third kappa shape index (κ3) is 2.10. The van der Waals surface area contributed by atoms with Crippen LogP contribution in [0.3, 0.4) is 0 Å². The highest BCUT2D eigenvalue weighted by Gasteiger charge is 2.14. The lowest BCUT2D eigenvalue weighted by atomic mass is 10.1. The molecule has 3 aromatic rings. The molecule has 0 bridgehead atoms. The summed E-state index contributed by atoms with van der Waals surface area (Å²) in [5, 5.41) is 1.51. The average Bonchev–Trinajstić information content (AvgIpc) is 2.97. The van der Waals surface area contributed by atoms with Crippen LogP contribution in [-0.2, 0) is 0 Å². The smallest absolute Gasteiger partial charge is 0.197 e. The molecule has 0 fully saturated rings. The third-order valence-corrected chi connectivity index (χ3v) is 3.51. The van der Waals surface area contributed by atoms with Crippen LogP contribution in [0.15, 0.2) is 47.0 Å². The van der Waals surface area contributed by atoms with Gasteiger partial charge in [-0.15, -0.1) is 0 Å². The highest BCUT2D eigenvalue weighted by atomic mass is 35.5. The largest absolute Gasteiger partial charge is 0.453 e. The fourth-order valence-electron chi connectivity index (χ4n) is 2.14. The number of Topliss-reactive ketones (excluding diaryl/α,β-unsaturated/α-hetero) is 1. The maximum absolute atomic E-state index is 11.6. The van der Waals surface area contributed by atoms with Gasteiger partial charge in [0.15, 0.2) is 11.5 Å². The van der Waals surface area contributed by atoms with Crippen LogP contribution in [0.25, 0.3) is 22.2 Å². The molecule has 0 atom stereocenters. The van der Waals surface area contributed by atoms with Gasteiger partial charge in [-0.05, 0) is 36.4 Å². The molecule has 4 heteroatoms. The van der Waals surface area contributed by atoms with Crippen LogP contribution in [0, 0.1) is 0 Å². The molecular formula is C16H12ClNO2. The van der Waals surface area contributed by atoms with Crippen LogP contribution < -0.4 is 0 Å². The Balaban J connectivity index is 2.17. The number of carbonyl (C=O) groups is 1. The first-order valence-electron chi connectivity index (χ1n) is 6.37. The topological polar surface area (TPSA) is 43.1 Å². The van der Waals surface area contributed by atoms with Crippen molar-refractivity contribution in [3.8, 4) is 11.3 Å². The zero-order chi connectivity index (χ0) is 14.1. The van der Waals surface area contributed by atoms with Crippen molar-refractivity contribution < 1.29 is 9.21 Å². The summed E-state index contributed by atoms with van der Waals surface area (Å²) in [6.07, 6.45) is 2.13. The fourth-order valence-corrected chi connectivity index (χ4v) is 2.36. The van der Waals surface area contributed by atoms with E-state index in [1.807, 2.05) is 31.2 Å². The van der Waals surface area contributed by atoms with E-state index in [9.17, 15) is 4.79 Å². The van der Waals surface area contributed by atoms with Gasteiger partial charge in [-0.1, -0.05) is 18.5 Å². The lowest BCUT2D eigenvalue weighted by Crippen LogP contribution is -1.92. The van der Waals surface area contributed by atoms with Crippen LogP contribution in [0.2, 0.25) is 5.02 Å². The number of carbonyl (C=O) groups excluding carboxylic acids is 1. The number of pyridine rings is 1. The molecule has 0 aliphatic heterocycles. The molecule has 0 amide bonds. The molecule has 0 saturated heterocycles. The van der Waals surface area contributed by atoms with E-state index in [0.29, 0.717) is 23.0 Å². The predicted molar refractivity (Wildman–Crippen MR) is 79.1 cm³/mol. The van der Waals surface area contributed by atoms with Crippen molar-refractivity contribution in [2.75, 3.05) is 0 Å². The summed E-state index contributed by atoms with van der Waals surface area (Å²) >= 11 is 6.17. The van der Waals surface area contributed by atoms with Crippen molar-refractivity contribution in [1.29, 1.82) is 0 Å². The van der Waals surface area contributed by atoms with Gasteiger partial charge in [0.25, 0.3) is 0 Å². The number of fused-ring (bicyclic) bond motifs is 1. The van der Waals surface area contributed by atoms with Crippen LogP contribution in [0.1, 0.15) is 23.9 Å². The summed E-state index contributed by atoms with van der Waals surface area (Å²) in [4.78, 5) is 16.0. The van der Waals surface area contributed by atoms with E-state index in [4.69, 9.17) is 16.0 Å². The van der Waals surface area contributed by atoms with E-state index in [1.54, 1.807) is 18.3 Å². The fraction of sp³-hybridized carbons (Fsp3) is 0.125. The highest BCUT2D eigenvalue weighted by Crippen LogP contribution is 2.32. The number of nitrogens with zero attached hydrogens (tertiary/aromatic N) is 1. The summed E-state index contributed by atoms with van der Waals surface area (Å²) in [6.45, 7) is 1.81. The maximum Gasteiger partial charge on any atom is 0.197 e. The van der Waals surface area contributed by atoms with Crippen molar-refractivity contribution in [2.45, 2.75) is 13.3 Å². The SMILES string of the molecule is CCC(=O)c1ccc(-c2ccc(Cl)c3cccnc23)o1. The van der Waals surface area contributed by atoms with E-state index in [2.05, 4.69) is 4.98 Å². The molecule has 0 aliphatic rings. The normalized spacial score (nSPS) is 10.9. The van der Waals surface area contributed by atoms with Crippen LogP contribution in [0.4, 0.5) is 0 Å². The standard InChI is InChI=1S/C16H12ClNO2/c1-2-13(19)15-8-7-14(20-15)11-5-6-12(17)10-4-3-9-18-16(10)11/h3-9H,2H2,1H3. The summed E-state index contributed by atoms with van der Waals surface area (Å²) in [6, 6.07) is 10.9. The first-order chi connectivity index (χ1) is 9.70. The molecule has 0 unspecified atom stereocenters. The van der Waals surface area contributed by atoms with Crippen molar-refractivity contribution >= 4 is 28.3 Å². The Kier molecular flexibility index (Phi) is 3.28. The van der Waals surface area contributed by atoms with Gasteiger partial charge >= 0.3 is 0 Å². The number of benzene rings is 1. The van der Waals surface area contributed by atoms with Gasteiger partial charge in [0.1, 0.15) is 5.76 Å². The summed E-state index contributed by atoms with van der Waals surface area (Å²) in [7, 11) is 0. The van der Waals surface area contributed by atoms with Crippen LogP contribution in [0.5, 0.6) is 0 Å². The number of furan rings is 1. The highest BCUT2D eigenvalue weighted by molar-refractivity contribution is 6.35. The zero-order valence-corrected chi connectivity index (χ0v) is 11.6. The second-order valence-corrected chi connectivity index (χ2v) is 4.84. The van der Waals surface area contributed by atoms with Crippen molar-refractivity contribution in [3.63, 3.8) is 0 Å². The van der Waals surface area contributed by atoms with E-state index in [1.165, 1.54) is 0 Å². The minimum absolute atomic E-state index is 0.0116. The van der Waals surface area contributed by atoms with Gasteiger partial charge in [-0.25, -0.2) is 0 Å². The van der Waals surface area contributed by atoms with Crippen molar-refractivity contribution in [3.05, 3.63) is 53.4 Å². The van der Waals surface area contributed by atoms with E-state index in [0.717, 1.165) is 16.5 Å². The predicted octanol–water partition coefficient (Wildman–Crippen LogP) is 4.74. The zero-order valence-electron chi connectivity index (χ0n) is 10.9. The van der Waals surface area contributed by atoms with E-state index >= 15 is 0 Å². The molecule has 0 saturated carbocycles. The van der Waals surface area contributed by atoms with Gasteiger partial charge in [0.2, 0.25) is 0 Å². The molecular weight excluding hydrogens is 274 g/mol. The van der Waals surface area contributed by atoms with Gasteiger partial charge in [-0.3, -0.25) is 9.78 Å². The lowest BCUT2D eigenvalue weighted by molar-refractivity contribution is 0.0962. The second-order valence-electron chi connectivity index (χ2n) is 4.44. The van der Waals surface area contributed by atoms with Gasteiger partial charge < -0.3 is 4.42 Å². The van der Waals surface area contributed by atoms with Crippen LogP contribution >= 0.6 is 11.6 Å². The minimum atomic E-state index is -0.0116. The molecule has 20 heavy (non-hydrogen) atoms. The lowest BCUT2D eigenvalue weighted by Gasteiger charge is -2.04. The molecule has 0 aliphatic carbocycles. The van der Waals surface area contributed by atoms with Gasteiger partial charge in [0, 0.05) is 23.6 Å². The molecule has 0 N–H and O–H groups in total. The Hall–Kier alpha value is -2.13. The average molecular weight is 286 g/mol. The number of aromatic nitrogens is 1. The minimum Gasteiger partial charge on any atom is -0.453 e. The van der Waals surface area contributed by atoms with Gasteiger partial charge in [-0.2, -0.15) is 0 Å². The Labute approximate surface area is 121 Å². The Bertz CT molecular complexity index is 792. The second kappa shape index (κ2) is 5.10. The molecule has 100 valence electrons. The van der Waals surface area contributed by atoms with E-state index < -0.39 is 0 Å². The van der Waals surface area contributed by atoms with Crippen molar-refractivity contribution in [1.82, 2.24) is 4.98 Å². The Morgan fingerprint density at radius 2 is 2.10 bits per heavy atom. The molecule has 2 heterocycles. The van der Waals surface area contributed by atoms with Crippen LogP contribution in [-0.4, -0.2) is 10.8 Å². The van der Waals surface area contributed by atoms with Crippen molar-refractivity contribution in [2.24, 2.45) is 0 Å². The first kappa shape index (κ1) is 12.9. The number of hydrogen-bond acceptors (Lipinski definition) is 3.